The second-order valence-corrected chi connectivity index (χ2v) is 7.41. The molecule has 1 fully saturated rings. The molecule has 2 N–H and O–H groups in total. The third kappa shape index (κ3) is 3.61. The van der Waals surface area contributed by atoms with E-state index in [0.29, 0.717) is 37.9 Å². The van der Waals surface area contributed by atoms with Crippen LogP contribution in [0.15, 0.2) is 23.7 Å². The average molecular weight is 377 g/mol. The van der Waals surface area contributed by atoms with Crippen LogP contribution in [0, 0.1) is 5.92 Å². The number of anilines is 1. The minimum absolute atomic E-state index is 0.474. The molecule has 0 bridgehead atoms. The van der Waals surface area contributed by atoms with Crippen molar-refractivity contribution in [2.45, 2.75) is 12.8 Å². The highest BCUT2D eigenvalue weighted by Gasteiger charge is 2.20. The molecule has 6 nitrogen and oxygen atoms in total. The zero-order valence-electron chi connectivity index (χ0n) is 12.5. The predicted octanol–water partition coefficient (Wildman–Crippen LogP) is 3.50. The van der Waals surface area contributed by atoms with Crippen molar-refractivity contribution in [2.75, 3.05) is 11.9 Å². The van der Waals surface area contributed by atoms with Crippen LogP contribution in [0.1, 0.15) is 12.8 Å². The van der Waals surface area contributed by atoms with E-state index in [1.54, 1.807) is 6.20 Å². The highest BCUT2D eigenvalue weighted by molar-refractivity contribution is 7.80. The van der Waals surface area contributed by atoms with Gasteiger partial charge in [0, 0.05) is 11.9 Å². The molecule has 1 aliphatic carbocycles. The third-order valence-electron chi connectivity index (χ3n) is 3.64. The van der Waals surface area contributed by atoms with Crippen LogP contribution in [-0.2, 0) is 0 Å². The fraction of sp³-hybridized carbons (Fsp3) is 0.267. The molecule has 0 unspecified atom stereocenters. The molecule has 3 aromatic rings. The topological polar surface area (TPSA) is 75.6 Å². The minimum atomic E-state index is 0.474. The molecule has 9 heteroatoms. The van der Waals surface area contributed by atoms with E-state index in [1.807, 2.05) is 17.5 Å². The molecular formula is C15H13ClN6S2. The number of thiazole rings is 1. The molecule has 0 atom stereocenters. The smallest absolute Gasteiger partial charge is 0.184 e. The van der Waals surface area contributed by atoms with Crippen molar-refractivity contribution in [3.8, 4) is 11.4 Å². The van der Waals surface area contributed by atoms with Gasteiger partial charge in [0.25, 0.3) is 0 Å². The molecule has 3 aromatic heterocycles. The number of aromatic nitrogens is 4. The Morgan fingerprint density at radius 2 is 2.12 bits per heavy atom. The Kier molecular flexibility index (Phi) is 4.26. The summed E-state index contributed by atoms with van der Waals surface area (Å²) in [6.07, 6.45) is 4.23. The monoisotopic (exact) mass is 376 g/mol. The second kappa shape index (κ2) is 6.54. The summed E-state index contributed by atoms with van der Waals surface area (Å²) in [6, 6.07) is 3.69. The molecular weight excluding hydrogens is 364 g/mol. The van der Waals surface area contributed by atoms with E-state index in [-0.39, 0.29) is 0 Å². The first-order chi connectivity index (χ1) is 11.7. The summed E-state index contributed by atoms with van der Waals surface area (Å²) in [7, 11) is 0. The van der Waals surface area contributed by atoms with Crippen LogP contribution in [0.25, 0.3) is 22.6 Å². The van der Waals surface area contributed by atoms with E-state index in [4.69, 9.17) is 23.8 Å². The van der Waals surface area contributed by atoms with Crippen LogP contribution in [0.2, 0.25) is 4.47 Å². The Hall–Kier alpha value is -1.90. The summed E-state index contributed by atoms with van der Waals surface area (Å²) in [5, 5.41) is 8.71. The van der Waals surface area contributed by atoms with Gasteiger partial charge in [-0.05, 0) is 43.1 Å². The minimum Gasteiger partial charge on any atom is -0.362 e. The Balaban J connectivity index is 1.55. The van der Waals surface area contributed by atoms with Gasteiger partial charge in [0.05, 0.1) is 6.20 Å². The number of nitrogens with zero attached hydrogens (tertiary/aromatic N) is 4. The van der Waals surface area contributed by atoms with Gasteiger partial charge >= 0.3 is 0 Å². The normalized spacial score (nSPS) is 13.9. The summed E-state index contributed by atoms with van der Waals surface area (Å²) in [5.41, 5.74) is 2.58. The molecule has 0 amide bonds. The van der Waals surface area contributed by atoms with Crippen LogP contribution in [0.3, 0.4) is 0 Å². The van der Waals surface area contributed by atoms with E-state index in [9.17, 15) is 0 Å². The molecule has 1 saturated carbocycles. The van der Waals surface area contributed by atoms with Gasteiger partial charge in [0.1, 0.15) is 22.7 Å². The Labute approximate surface area is 152 Å². The molecule has 24 heavy (non-hydrogen) atoms. The zero-order chi connectivity index (χ0) is 16.5. The van der Waals surface area contributed by atoms with Gasteiger partial charge in [-0.15, -0.1) is 11.3 Å². The molecule has 122 valence electrons. The predicted molar refractivity (Wildman–Crippen MR) is 100 cm³/mol. The summed E-state index contributed by atoms with van der Waals surface area (Å²) in [4.78, 5) is 17.6. The van der Waals surface area contributed by atoms with E-state index in [0.717, 1.165) is 12.5 Å². The van der Waals surface area contributed by atoms with Crippen molar-refractivity contribution in [3.05, 3.63) is 28.2 Å². The number of rotatable bonds is 4. The number of halogens is 1. The van der Waals surface area contributed by atoms with Gasteiger partial charge in [-0.25, -0.2) is 15.0 Å². The quantitative estimate of drug-likeness (QED) is 0.675. The third-order valence-corrected chi connectivity index (χ3v) is 4.86. The van der Waals surface area contributed by atoms with E-state index < -0.39 is 0 Å². The SMILES string of the molecule is S=C(NCC1CC1)Nc1ccc2ncc(-c3csc(Cl)n3)nc2n1. The van der Waals surface area contributed by atoms with Crippen molar-refractivity contribution in [1.29, 1.82) is 0 Å². The Morgan fingerprint density at radius 3 is 2.88 bits per heavy atom. The molecule has 0 radical (unpaired) electrons. The summed E-state index contributed by atoms with van der Waals surface area (Å²) >= 11 is 12.5. The standard InChI is InChI=1S/C15H13ClN6S2/c16-14-20-11(7-24-14)10-6-17-9-3-4-12(21-13(9)19-10)22-15(23)18-5-8-1-2-8/h3-4,6-8H,1-2,5H2,(H2,18,19,21,22,23). The van der Waals surface area contributed by atoms with Gasteiger partial charge in [0.2, 0.25) is 0 Å². The van der Waals surface area contributed by atoms with Crippen molar-refractivity contribution in [2.24, 2.45) is 5.92 Å². The van der Waals surface area contributed by atoms with Gasteiger partial charge < -0.3 is 10.6 Å². The lowest BCUT2D eigenvalue weighted by Gasteiger charge is -2.09. The number of pyridine rings is 1. The zero-order valence-corrected chi connectivity index (χ0v) is 14.9. The van der Waals surface area contributed by atoms with E-state index in [1.165, 1.54) is 24.2 Å². The first kappa shape index (κ1) is 15.6. The fourth-order valence-corrected chi connectivity index (χ4v) is 3.13. The maximum atomic E-state index is 5.88. The van der Waals surface area contributed by atoms with Crippen molar-refractivity contribution in [1.82, 2.24) is 25.3 Å². The van der Waals surface area contributed by atoms with Crippen LogP contribution in [0.5, 0.6) is 0 Å². The first-order valence-electron chi connectivity index (χ1n) is 7.47. The van der Waals surface area contributed by atoms with E-state index >= 15 is 0 Å². The number of nitrogens with one attached hydrogen (secondary N) is 2. The van der Waals surface area contributed by atoms with Gasteiger partial charge in [-0.1, -0.05) is 11.6 Å². The van der Waals surface area contributed by atoms with Crippen molar-refractivity contribution < 1.29 is 0 Å². The van der Waals surface area contributed by atoms with Gasteiger partial charge in [-0.3, -0.25) is 4.98 Å². The summed E-state index contributed by atoms with van der Waals surface area (Å²) < 4.78 is 0.474. The average Bonchev–Trinajstić information content (AvgIpc) is 3.32. The van der Waals surface area contributed by atoms with Crippen LogP contribution >= 0.6 is 35.2 Å². The molecule has 1 aliphatic rings. The maximum absolute atomic E-state index is 5.88. The fourth-order valence-electron chi connectivity index (χ4n) is 2.18. The number of thiocarbonyl (C=S) groups is 1. The number of fused-ring (bicyclic) bond motifs is 1. The van der Waals surface area contributed by atoms with Crippen molar-refractivity contribution >= 4 is 57.2 Å². The molecule has 3 heterocycles. The summed E-state index contributed by atoms with van der Waals surface area (Å²) in [5.74, 6) is 1.39. The lowest BCUT2D eigenvalue weighted by atomic mass is 10.3. The highest BCUT2D eigenvalue weighted by atomic mass is 35.5. The van der Waals surface area contributed by atoms with Crippen LogP contribution in [0.4, 0.5) is 5.82 Å². The van der Waals surface area contributed by atoms with Gasteiger partial charge in [-0.2, -0.15) is 0 Å². The highest BCUT2D eigenvalue weighted by Crippen LogP contribution is 2.27. The largest absolute Gasteiger partial charge is 0.362 e. The molecule has 0 aliphatic heterocycles. The first-order valence-corrected chi connectivity index (χ1v) is 9.14. The molecule has 0 spiro atoms. The van der Waals surface area contributed by atoms with Gasteiger partial charge in [0.15, 0.2) is 15.2 Å². The molecule has 4 rings (SSSR count). The lowest BCUT2D eigenvalue weighted by Crippen LogP contribution is -2.30. The Bertz CT molecular complexity index is 908. The number of hydrogen-bond acceptors (Lipinski definition) is 6. The van der Waals surface area contributed by atoms with Crippen LogP contribution < -0.4 is 10.6 Å². The summed E-state index contributed by atoms with van der Waals surface area (Å²) in [6.45, 7) is 0.911. The lowest BCUT2D eigenvalue weighted by molar-refractivity contribution is 0.777. The molecule has 0 aromatic carbocycles. The number of hydrogen-bond donors (Lipinski definition) is 2. The second-order valence-electron chi connectivity index (χ2n) is 5.56. The van der Waals surface area contributed by atoms with Crippen LogP contribution in [-0.4, -0.2) is 31.6 Å². The molecule has 0 saturated heterocycles. The Morgan fingerprint density at radius 1 is 1.25 bits per heavy atom. The maximum Gasteiger partial charge on any atom is 0.184 e. The van der Waals surface area contributed by atoms with Crippen molar-refractivity contribution in [3.63, 3.8) is 0 Å². The van der Waals surface area contributed by atoms with E-state index in [2.05, 4.69) is 30.6 Å².